The topological polar surface area (TPSA) is 54.5 Å². The van der Waals surface area contributed by atoms with Crippen molar-refractivity contribution < 1.29 is 9.53 Å². The Morgan fingerprint density at radius 2 is 2.32 bits per heavy atom. The summed E-state index contributed by atoms with van der Waals surface area (Å²) in [5.41, 5.74) is 0. The van der Waals surface area contributed by atoms with Crippen molar-refractivity contribution in [3.05, 3.63) is 16.6 Å². The van der Waals surface area contributed by atoms with Gasteiger partial charge in [-0.25, -0.2) is 4.98 Å². The second kappa shape index (κ2) is 6.26. The molecule has 5 nitrogen and oxygen atoms in total. The number of hydrogen-bond donors (Lipinski definition) is 1. The highest BCUT2D eigenvalue weighted by Crippen LogP contribution is 2.36. The lowest BCUT2D eigenvalue weighted by molar-refractivity contribution is -0.124. The average Bonchev–Trinajstić information content (AvgIpc) is 3.00. The molecule has 6 heteroatoms. The molecule has 0 bridgehead atoms. The summed E-state index contributed by atoms with van der Waals surface area (Å²) in [6.07, 6.45) is 4.81. The molecule has 1 N–H and O–H groups in total. The SMILES string of the molecule is O=C(C[C@@H]1COC[C@H]2CN(Cc3nccs3)C[C@@H]12)NC1CC1. The molecule has 1 amide bonds. The normalized spacial score (nSPS) is 31.9. The molecule has 22 heavy (non-hydrogen) atoms. The van der Waals surface area contributed by atoms with Gasteiger partial charge in [0, 0.05) is 37.1 Å². The fraction of sp³-hybridized carbons (Fsp3) is 0.750. The highest BCUT2D eigenvalue weighted by molar-refractivity contribution is 7.09. The standard InChI is InChI=1S/C16H23N3O2S/c20-15(18-13-1-2-13)5-11-9-21-10-12-6-19(7-14(11)12)8-16-17-3-4-22-16/h3-4,11-14H,1-2,5-10H2,(H,18,20)/t11-,12-,14+/m1/s1. The Kier molecular flexibility index (Phi) is 4.15. The number of nitrogens with zero attached hydrogens (tertiary/aromatic N) is 2. The Balaban J connectivity index is 1.34. The fourth-order valence-corrected chi connectivity index (χ4v) is 4.47. The van der Waals surface area contributed by atoms with Gasteiger partial charge < -0.3 is 10.1 Å². The van der Waals surface area contributed by atoms with Gasteiger partial charge in [0.2, 0.25) is 5.91 Å². The molecule has 4 rings (SSSR count). The van der Waals surface area contributed by atoms with Crippen LogP contribution in [0, 0.1) is 17.8 Å². The Morgan fingerprint density at radius 1 is 1.41 bits per heavy atom. The van der Waals surface area contributed by atoms with Crippen molar-refractivity contribution in [2.45, 2.75) is 31.8 Å². The van der Waals surface area contributed by atoms with E-state index in [0.29, 0.717) is 30.2 Å². The van der Waals surface area contributed by atoms with Crippen LogP contribution >= 0.6 is 11.3 Å². The summed E-state index contributed by atoms with van der Waals surface area (Å²) in [6, 6.07) is 0.456. The van der Waals surface area contributed by atoms with Crippen LogP contribution in [0.4, 0.5) is 0 Å². The van der Waals surface area contributed by atoms with Crippen LogP contribution in [-0.2, 0) is 16.1 Å². The summed E-state index contributed by atoms with van der Waals surface area (Å²) >= 11 is 1.72. The number of amides is 1. The van der Waals surface area contributed by atoms with Gasteiger partial charge in [-0.05, 0) is 30.6 Å². The summed E-state index contributed by atoms with van der Waals surface area (Å²) in [6.45, 7) is 4.68. The van der Waals surface area contributed by atoms with E-state index in [1.54, 1.807) is 11.3 Å². The lowest BCUT2D eigenvalue weighted by Crippen LogP contribution is -2.38. The molecule has 1 aromatic heterocycles. The Labute approximate surface area is 135 Å². The first kappa shape index (κ1) is 14.6. The number of thiazole rings is 1. The van der Waals surface area contributed by atoms with Crippen LogP contribution in [0.15, 0.2) is 11.6 Å². The number of rotatable bonds is 5. The molecule has 3 fully saturated rings. The molecule has 3 heterocycles. The minimum Gasteiger partial charge on any atom is -0.381 e. The minimum absolute atomic E-state index is 0.218. The lowest BCUT2D eigenvalue weighted by atomic mass is 9.81. The molecule has 1 saturated carbocycles. The Morgan fingerprint density at radius 3 is 3.09 bits per heavy atom. The van der Waals surface area contributed by atoms with E-state index in [-0.39, 0.29) is 5.91 Å². The van der Waals surface area contributed by atoms with Crippen LogP contribution in [0.1, 0.15) is 24.3 Å². The second-order valence-corrected chi connectivity index (χ2v) is 7.87. The third kappa shape index (κ3) is 3.34. The molecule has 120 valence electrons. The van der Waals surface area contributed by atoms with Crippen LogP contribution in [0.2, 0.25) is 0 Å². The zero-order valence-corrected chi connectivity index (χ0v) is 13.6. The van der Waals surface area contributed by atoms with Crippen molar-refractivity contribution >= 4 is 17.2 Å². The summed E-state index contributed by atoms with van der Waals surface area (Å²) < 4.78 is 5.78. The van der Waals surface area contributed by atoms with E-state index >= 15 is 0 Å². The van der Waals surface area contributed by atoms with Gasteiger partial charge in [0.05, 0.1) is 19.8 Å². The summed E-state index contributed by atoms with van der Waals surface area (Å²) in [4.78, 5) is 19.0. The monoisotopic (exact) mass is 321 g/mol. The Hall–Kier alpha value is -0.980. The quantitative estimate of drug-likeness (QED) is 0.893. The maximum atomic E-state index is 12.1. The van der Waals surface area contributed by atoms with Gasteiger partial charge >= 0.3 is 0 Å². The first-order valence-electron chi connectivity index (χ1n) is 8.26. The van der Waals surface area contributed by atoms with E-state index in [9.17, 15) is 4.79 Å². The molecule has 0 radical (unpaired) electrons. The number of nitrogens with one attached hydrogen (secondary N) is 1. The first-order valence-corrected chi connectivity index (χ1v) is 9.13. The van der Waals surface area contributed by atoms with E-state index in [4.69, 9.17) is 4.74 Å². The van der Waals surface area contributed by atoms with Crippen LogP contribution < -0.4 is 5.32 Å². The van der Waals surface area contributed by atoms with Crippen molar-refractivity contribution in [1.29, 1.82) is 0 Å². The average molecular weight is 321 g/mol. The maximum absolute atomic E-state index is 12.1. The molecule has 0 aromatic carbocycles. The van der Waals surface area contributed by atoms with Gasteiger partial charge in [0.25, 0.3) is 0 Å². The number of fused-ring (bicyclic) bond motifs is 1. The summed E-state index contributed by atoms with van der Waals surface area (Å²) in [5, 5.41) is 6.33. The van der Waals surface area contributed by atoms with E-state index < -0.39 is 0 Å². The molecule has 2 saturated heterocycles. The number of likely N-dealkylation sites (tertiary alicyclic amines) is 1. The maximum Gasteiger partial charge on any atom is 0.220 e. The molecule has 0 spiro atoms. The molecule has 3 atom stereocenters. The van der Waals surface area contributed by atoms with Crippen LogP contribution in [0.3, 0.4) is 0 Å². The highest BCUT2D eigenvalue weighted by atomic mass is 32.1. The van der Waals surface area contributed by atoms with E-state index in [0.717, 1.165) is 45.7 Å². The zero-order valence-electron chi connectivity index (χ0n) is 12.7. The van der Waals surface area contributed by atoms with Gasteiger partial charge in [-0.3, -0.25) is 9.69 Å². The van der Waals surface area contributed by atoms with Crippen molar-refractivity contribution in [3.63, 3.8) is 0 Å². The molecule has 1 aliphatic carbocycles. The van der Waals surface area contributed by atoms with E-state index in [1.807, 2.05) is 11.6 Å². The lowest BCUT2D eigenvalue weighted by Gasteiger charge is -2.32. The van der Waals surface area contributed by atoms with E-state index in [2.05, 4.69) is 15.2 Å². The third-order valence-electron chi connectivity index (χ3n) is 5.07. The van der Waals surface area contributed by atoms with Crippen molar-refractivity contribution in [2.24, 2.45) is 17.8 Å². The van der Waals surface area contributed by atoms with Crippen LogP contribution in [0.5, 0.6) is 0 Å². The van der Waals surface area contributed by atoms with Gasteiger partial charge in [-0.15, -0.1) is 11.3 Å². The molecule has 1 aromatic rings. The third-order valence-corrected chi connectivity index (χ3v) is 5.83. The number of carbonyl (C=O) groups excluding carboxylic acids is 1. The molecule has 0 unspecified atom stereocenters. The van der Waals surface area contributed by atoms with Gasteiger partial charge in [0.1, 0.15) is 5.01 Å². The summed E-state index contributed by atoms with van der Waals surface area (Å²) in [7, 11) is 0. The van der Waals surface area contributed by atoms with Crippen molar-refractivity contribution in [3.8, 4) is 0 Å². The van der Waals surface area contributed by atoms with Gasteiger partial charge in [-0.1, -0.05) is 0 Å². The van der Waals surface area contributed by atoms with Gasteiger partial charge in [-0.2, -0.15) is 0 Å². The van der Waals surface area contributed by atoms with Crippen LogP contribution in [0.25, 0.3) is 0 Å². The molecule has 2 aliphatic heterocycles. The van der Waals surface area contributed by atoms with E-state index in [1.165, 1.54) is 5.01 Å². The molecular weight excluding hydrogens is 298 g/mol. The minimum atomic E-state index is 0.218. The number of carbonyl (C=O) groups is 1. The number of aromatic nitrogens is 1. The predicted molar refractivity (Wildman–Crippen MR) is 84.5 cm³/mol. The smallest absolute Gasteiger partial charge is 0.220 e. The molecule has 3 aliphatic rings. The van der Waals surface area contributed by atoms with Gasteiger partial charge in [0.15, 0.2) is 0 Å². The fourth-order valence-electron chi connectivity index (χ4n) is 3.81. The van der Waals surface area contributed by atoms with Crippen molar-refractivity contribution in [1.82, 2.24) is 15.2 Å². The largest absolute Gasteiger partial charge is 0.381 e. The first-order chi connectivity index (χ1) is 10.8. The van der Waals surface area contributed by atoms with Crippen molar-refractivity contribution in [2.75, 3.05) is 26.3 Å². The van der Waals surface area contributed by atoms with Crippen LogP contribution in [-0.4, -0.2) is 48.1 Å². The predicted octanol–water partition coefficient (Wildman–Crippen LogP) is 1.51. The molecular formula is C16H23N3O2S. The Bertz CT molecular complexity index is 517. The summed E-state index contributed by atoms with van der Waals surface area (Å²) in [5.74, 6) is 1.76. The number of hydrogen-bond acceptors (Lipinski definition) is 5. The highest BCUT2D eigenvalue weighted by Gasteiger charge is 2.41. The number of ether oxygens (including phenoxy) is 1. The second-order valence-electron chi connectivity index (χ2n) is 6.89. The zero-order chi connectivity index (χ0) is 14.9.